The average Bonchev–Trinajstić information content (AvgIpc) is 3.16. The van der Waals surface area contributed by atoms with Gasteiger partial charge in [0.05, 0.1) is 17.3 Å². The summed E-state index contributed by atoms with van der Waals surface area (Å²) in [7, 11) is 0. The summed E-state index contributed by atoms with van der Waals surface area (Å²) in [6, 6.07) is 16.8. The van der Waals surface area contributed by atoms with Crippen molar-refractivity contribution in [3.05, 3.63) is 72.2 Å². The van der Waals surface area contributed by atoms with Gasteiger partial charge in [-0.3, -0.25) is 10.1 Å². The van der Waals surface area contributed by atoms with Crippen molar-refractivity contribution >= 4 is 34.1 Å². The second kappa shape index (κ2) is 9.83. The number of aliphatic hydroxyl groups is 1. The Hall–Kier alpha value is -2.47. The van der Waals surface area contributed by atoms with Crippen molar-refractivity contribution in [1.29, 1.82) is 0 Å². The van der Waals surface area contributed by atoms with E-state index in [0.717, 1.165) is 42.4 Å². The van der Waals surface area contributed by atoms with Crippen molar-refractivity contribution in [2.45, 2.75) is 44.9 Å². The fourth-order valence-corrected chi connectivity index (χ4v) is 3.63. The van der Waals surface area contributed by atoms with E-state index in [-0.39, 0.29) is 12.4 Å². The molecule has 29 heavy (non-hydrogen) atoms. The highest BCUT2D eigenvalue weighted by Gasteiger charge is 2.14. The van der Waals surface area contributed by atoms with Crippen LogP contribution in [0.2, 0.25) is 0 Å². The Labute approximate surface area is 177 Å². The molecule has 2 heterocycles. The van der Waals surface area contributed by atoms with Crippen LogP contribution >= 0.6 is 12.4 Å². The van der Waals surface area contributed by atoms with Gasteiger partial charge in [0, 0.05) is 35.8 Å². The molecule has 2 atom stereocenters. The number of hydrogen-bond acceptors (Lipinski definition) is 4. The largest absolute Gasteiger partial charge is 0.387 e. The third kappa shape index (κ3) is 5.12. The van der Waals surface area contributed by atoms with E-state index in [4.69, 9.17) is 0 Å². The fourth-order valence-electron chi connectivity index (χ4n) is 3.63. The number of halogens is 1. The number of rotatable bonds is 8. The van der Waals surface area contributed by atoms with Gasteiger partial charge in [-0.15, -0.1) is 12.4 Å². The molecule has 4 aromatic rings. The van der Waals surface area contributed by atoms with Crippen LogP contribution in [0.1, 0.15) is 43.5 Å². The van der Waals surface area contributed by atoms with Gasteiger partial charge in [-0.2, -0.15) is 5.10 Å². The zero-order valence-corrected chi connectivity index (χ0v) is 17.3. The average molecular weight is 411 g/mol. The Morgan fingerprint density at radius 1 is 1.07 bits per heavy atom. The summed E-state index contributed by atoms with van der Waals surface area (Å²) < 4.78 is 0. The Morgan fingerprint density at radius 2 is 1.93 bits per heavy atom. The Morgan fingerprint density at radius 3 is 2.83 bits per heavy atom. The van der Waals surface area contributed by atoms with Crippen LogP contribution in [0, 0.1) is 0 Å². The number of H-pyrrole nitrogens is 1. The van der Waals surface area contributed by atoms with Gasteiger partial charge in [-0.1, -0.05) is 30.3 Å². The summed E-state index contributed by atoms with van der Waals surface area (Å²) in [6.45, 7) is 3.04. The molecule has 0 aliphatic heterocycles. The van der Waals surface area contributed by atoms with E-state index in [1.54, 1.807) is 0 Å². The maximum atomic E-state index is 10.5. The van der Waals surface area contributed by atoms with E-state index in [1.165, 1.54) is 16.3 Å². The summed E-state index contributed by atoms with van der Waals surface area (Å²) in [5, 5.41) is 24.8. The third-order valence-electron chi connectivity index (χ3n) is 5.30. The summed E-state index contributed by atoms with van der Waals surface area (Å²) in [6.07, 6.45) is 5.90. The maximum absolute atomic E-state index is 10.5. The van der Waals surface area contributed by atoms with Gasteiger partial charge in [0.15, 0.2) is 0 Å². The smallest absolute Gasteiger partial charge is 0.0960 e. The van der Waals surface area contributed by atoms with Crippen LogP contribution in [-0.4, -0.2) is 26.3 Å². The van der Waals surface area contributed by atoms with Crippen molar-refractivity contribution in [2.24, 2.45) is 0 Å². The molecule has 1 unspecified atom stereocenters. The first-order valence-corrected chi connectivity index (χ1v) is 9.88. The van der Waals surface area contributed by atoms with Crippen LogP contribution < -0.4 is 5.32 Å². The molecular weight excluding hydrogens is 384 g/mol. The van der Waals surface area contributed by atoms with Crippen molar-refractivity contribution in [1.82, 2.24) is 20.5 Å². The van der Waals surface area contributed by atoms with E-state index < -0.39 is 6.10 Å². The van der Waals surface area contributed by atoms with Crippen LogP contribution in [0.25, 0.3) is 21.7 Å². The highest BCUT2D eigenvalue weighted by Crippen LogP contribution is 2.25. The molecule has 0 bridgehead atoms. The minimum absolute atomic E-state index is 0. The molecule has 0 aliphatic carbocycles. The topological polar surface area (TPSA) is 73.8 Å². The Kier molecular flexibility index (Phi) is 7.20. The van der Waals surface area contributed by atoms with Crippen LogP contribution in [0.5, 0.6) is 0 Å². The normalized spacial score (nSPS) is 13.3. The van der Waals surface area contributed by atoms with Gasteiger partial charge >= 0.3 is 0 Å². The molecule has 2 aromatic heterocycles. The van der Waals surface area contributed by atoms with E-state index >= 15 is 0 Å². The van der Waals surface area contributed by atoms with E-state index in [1.807, 2.05) is 42.7 Å². The Bertz CT molecular complexity index is 1060. The molecule has 0 radical (unpaired) electrons. The molecule has 152 valence electrons. The molecule has 0 fully saturated rings. The monoisotopic (exact) mass is 410 g/mol. The number of aromatic amines is 1. The predicted octanol–water partition coefficient (Wildman–Crippen LogP) is 4.91. The number of benzene rings is 2. The standard InChI is InChI=1S/C23H26N4O.ClH/c1-16(25-14-17-9-10-19-15-24-12-11-18(19)13-17)5-4-8-22(28)23-20-6-2-3-7-21(20)26-27-23;/h2-3,6-7,9-13,15-16,22,25,28H,4-5,8,14H2,1H3,(H,26,27);1H/t16-,22?;/m1./s1. The lowest BCUT2D eigenvalue weighted by molar-refractivity contribution is 0.159. The molecule has 4 rings (SSSR count). The highest BCUT2D eigenvalue weighted by molar-refractivity contribution is 5.85. The first-order valence-electron chi connectivity index (χ1n) is 9.88. The first-order chi connectivity index (χ1) is 13.7. The summed E-state index contributed by atoms with van der Waals surface area (Å²) >= 11 is 0. The number of aromatic nitrogens is 3. The predicted molar refractivity (Wildman–Crippen MR) is 120 cm³/mol. The quantitative estimate of drug-likeness (QED) is 0.385. The van der Waals surface area contributed by atoms with Gasteiger partial charge < -0.3 is 10.4 Å². The number of aliphatic hydroxyl groups excluding tert-OH is 1. The highest BCUT2D eigenvalue weighted by atomic mass is 35.5. The minimum atomic E-state index is -0.506. The lowest BCUT2D eigenvalue weighted by Crippen LogP contribution is -2.25. The van der Waals surface area contributed by atoms with Crippen molar-refractivity contribution in [3.8, 4) is 0 Å². The van der Waals surface area contributed by atoms with Crippen LogP contribution in [0.15, 0.2) is 60.9 Å². The van der Waals surface area contributed by atoms with Gasteiger partial charge in [0.2, 0.25) is 0 Å². The lowest BCUT2D eigenvalue weighted by Gasteiger charge is -2.15. The van der Waals surface area contributed by atoms with Crippen molar-refractivity contribution < 1.29 is 5.11 Å². The number of hydrogen-bond donors (Lipinski definition) is 3. The molecule has 5 nitrogen and oxygen atoms in total. The third-order valence-corrected chi connectivity index (χ3v) is 5.30. The van der Waals surface area contributed by atoms with Crippen molar-refractivity contribution in [3.63, 3.8) is 0 Å². The molecule has 0 saturated heterocycles. The van der Waals surface area contributed by atoms with E-state index in [9.17, 15) is 5.11 Å². The molecule has 0 spiro atoms. The fraction of sp³-hybridized carbons (Fsp3) is 0.304. The minimum Gasteiger partial charge on any atom is -0.387 e. The Balaban J connectivity index is 0.00000240. The zero-order chi connectivity index (χ0) is 19.3. The summed E-state index contributed by atoms with van der Waals surface area (Å²) in [5.74, 6) is 0. The molecule has 6 heteroatoms. The second-order valence-corrected chi connectivity index (χ2v) is 7.44. The maximum Gasteiger partial charge on any atom is 0.0960 e. The lowest BCUT2D eigenvalue weighted by atomic mass is 10.0. The second-order valence-electron chi connectivity index (χ2n) is 7.44. The number of nitrogens with one attached hydrogen (secondary N) is 2. The summed E-state index contributed by atoms with van der Waals surface area (Å²) in [5.41, 5.74) is 2.99. The van der Waals surface area contributed by atoms with Gasteiger partial charge in [0.1, 0.15) is 0 Å². The van der Waals surface area contributed by atoms with E-state index in [2.05, 4.69) is 45.6 Å². The van der Waals surface area contributed by atoms with Gasteiger partial charge in [-0.05, 0) is 55.3 Å². The SMILES string of the molecule is C[C@H](CCCC(O)c1[nH]nc2ccccc12)NCc1ccc2cnccc2c1.Cl. The number of nitrogens with zero attached hydrogens (tertiary/aromatic N) is 2. The summed E-state index contributed by atoms with van der Waals surface area (Å²) in [4.78, 5) is 4.16. The van der Waals surface area contributed by atoms with Crippen LogP contribution in [0.4, 0.5) is 0 Å². The molecule has 2 aromatic carbocycles. The molecular formula is C23H27ClN4O. The number of para-hydroxylation sites is 1. The van der Waals surface area contributed by atoms with Crippen molar-refractivity contribution in [2.75, 3.05) is 0 Å². The molecule has 0 saturated carbocycles. The van der Waals surface area contributed by atoms with E-state index in [0.29, 0.717) is 6.04 Å². The van der Waals surface area contributed by atoms with Crippen LogP contribution in [-0.2, 0) is 6.54 Å². The number of pyridine rings is 1. The first kappa shape index (κ1) is 21.2. The van der Waals surface area contributed by atoms with Gasteiger partial charge in [-0.25, -0.2) is 0 Å². The number of fused-ring (bicyclic) bond motifs is 2. The molecule has 0 amide bonds. The zero-order valence-electron chi connectivity index (χ0n) is 16.5. The molecule has 0 aliphatic rings. The molecule has 3 N–H and O–H groups in total. The van der Waals surface area contributed by atoms with Crippen LogP contribution in [0.3, 0.4) is 0 Å². The van der Waals surface area contributed by atoms with Gasteiger partial charge in [0.25, 0.3) is 0 Å².